The van der Waals surface area contributed by atoms with Crippen LogP contribution in [0.1, 0.15) is 32.4 Å². The van der Waals surface area contributed by atoms with Crippen LogP contribution in [0.5, 0.6) is 0 Å². The second-order valence-corrected chi connectivity index (χ2v) is 5.08. The van der Waals surface area contributed by atoms with Crippen LogP contribution < -0.4 is 11.1 Å². The molecule has 20 heavy (non-hydrogen) atoms. The molecule has 1 atom stereocenters. The molecule has 0 fully saturated rings. The third-order valence-electron chi connectivity index (χ3n) is 2.18. The van der Waals surface area contributed by atoms with E-state index in [0.717, 1.165) is 0 Å². The van der Waals surface area contributed by atoms with E-state index in [1.54, 1.807) is 45.0 Å². The van der Waals surface area contributed by atoms with Gasteiger partial charge in [-0.15, -0.1) is 0 Å². The van der Waals surface area contributed by atoms with Crippen LogP contribution in [-0.4, -0.2) is 28.2 Å². The number of ether oxygens (including phenoxy) is 1. The van der Waals surface area contributed by atoms with Crippen molar-refractivity contribution in [1.82, 2.24) is 5.32 Å². The molecule has 0 saturated heterocycles. The molecule has 0 spiro atoms. The molecule has 112 valence electrons. The first kappa shape index (κ1) is 17.7. The zero-order chi connectivity index (χ0) is 14.6. The van der Waals surface area contributed by atoms with Crippen LogP contribution in [-0.2, 0) is 9.53 Å². The van der Waals surface area contributed by atoms with Crippen molar-refractivity contribution < 1.29 is 24.9 Å². The second kappa shape index (κ2) is 6.76. The molecule has 1 amide bonds. The summed E-state index contributed by atoms with van der Waals surface area (Å²) in [6, 6.07) is 5.07. The number of carbonyl (C=O) groups excluding carboxylic acids is 1. The number of anilines is 1. The van der Waals surface area contributed by atoms with Gasteiger partial charge in [0.25, 0.3) is 0 Å². The predicted octanol–water partition coefficient (Wildman–Crippen LogP) is 1.09. The van der Waals surface area contributed by atoms with E-state index < -0.39 is 23.7 Å². The molecule has 0 bridgehead atoms. The number of carboxylic acids is 1. The Morgan fingerprint density at radius 1 is 1.25 bits per heavy atom. The average Bonchev–Trinajstić information content (AvgIpc) is 2.24. The quantitative estimate of drug-likeness (QED) is 0.714. The highest BCUT2D eigenvalue weighted by Crippen LogP contribution is 2.16. The summed E-state index contributed by atoms with van der Waals surface area (Å²) < 4.78 is 5.03. The van der Waals surface area contributed by atoms with E-state index in [9.17, 15) is 9.59 Å². The molecule has 6 N–H and O–H groups in total. The number of rotatable bonds is 3. The first-order chi connectivity index (χ1) is 8.69. The van der Waals surface area contributed by atoms with Gasteiger partial charge in [0, 0.05) is 5.69 Å². The largest absolute Gasteiger partial charge is 0.479 e. The Labute approximate surface area is 117 Å². The fourth-order valence-electron chi connectivity index (χ4n) is 1.40. The van der Waals surface area contributed by atoms with E-state index in [1.807, 2.05) is 0 Å². The zero-order valence-corrected chi connectivity index (χ0v) is 11.6. The van der Waals surface area contributed by atoms with Gasteiger partial charge < -0.3 is 26.4 Å². The van der Waals surface area contributed by atoms with E-state index in [-0.39, 0.29) is 5.48 Å². The first-order valence-corrected chi connectivity index (χ1v) is 5.77. The van der Waals surface area contributed by atoms with Gasteiger partial charge in [-0.1, -0.05) is 12.1 Å². The topological polar surface area (TPSA) is 133 Å². The fourth-order valence-corrected chi connectivity index (χ4v) is 1.40. The second-order valence-electron chi connectivity index (χ2n) is 5.08. The summed E-state index contributed by atoms with van der Waals surface area (Å²) in [6.07, 6.45) is -0.781. The number of alkyl carbamates (subject to hydrolysis) is 1. The molecule has 1 unspecified atom stereocenters. The van der Waals surface area contributed by atoms with Crippen molar-refractivity contribution in [3.8, 4) is 0 Å². The van der Waals surface area contributed by atoms with E-state index in [0.29, 0.717) is 11.3 Å². The summed E-state index contributed by atoms with van der Waals surface area (Å²) in [5.74, 6) is -1.17. The van der Waals surface area contributed by atoms with Crippen LogP contribution in [0, 0.1) is 0 Å². The van der Waals surface area contributed by atoms with E-state index in [2.05, 4.69) is 5.32 Å². The number of benzene rings is 1. The molecule has 0 aliphatic rings. The highest BCUT2D eigenvalue weighted by molar-refractivity contribution is 5.81. The number of carboxylic acid groups (broad SMARTS) is 1. The smallest absolute Gasteiger partial charge is 0.408 e. The predicted molar refractivity (Wildman–Crippen MR) is 74.2 cm³/mol. The Balaban J connectivity index is 0.00000361. The van der Waals surface area contributed by atoms with Crippen LogP contribution in [0.3, 0.4) is 0 Å². The summed E-state index contributed by atoms with van der Waals surface area (Å²) >= 11 is 0. The Hall–Kier alpha value is -2.28. The highest BCUT2D eigenvalue weighted by atomic mass is 16.6. The monoisotopic (exact) mass is 284 g/mol. The first-order valence-electron chi connectivity index (χ1n) is 5.77. The Kier molecular flexibility index (Phi) is 5.99. The van der Waals surface area contributed by atoms with Gasteiger partial charge in [-0.05, 0) is 38.5 Å². The molecule has 7 heteroatoms. The van der Waals surface area contributed by atoms with Gasteiger partial charge in [0.05, 0.1) is 0 Å². The number of nitrogens with two attached hydrogens (primary N) is 1. The molecular formula is C13H20N2O5. The summed E-state index contributed by atoms with van der Waals surface area (Å²) in [7, 11) is 0. The summed E-state index contributed by atoms with van der Waals surface area (Å²) in [6.45, 7) is 5.10. The Morgan fingerprint density at radius 3 is 2.15 bits per heavy atom. The van der Waals surface area contributed by atoms with Crippen molar-refractivity contribution in [2.24, 2.45) is 0 Å². The number of aliphatic carboxylic acids is 1. The van der Waals surface area contributed by atoms with Crippen molar-refractivity contribution in [1.29, 1.82) is 0 Å². The van der Waals surface area contributed by atoms with Gasteiger partial charge in [0.15, 0.2) is 6.04 Å². The molecule has 7 nitrogen and oxygen atoms in total. The normalized spacial score (nSPS) is 11.9. The standard InChI is InChI=1S/C13H18N2O4.H2O/c1-13(2,3)19-12(18)15-10(11(16)17)8-4-6-9(14)7-5-8;/h4-7,10H,14H2,1-3H3,(H,15,18)(H,16,17);1H2. The minimum atomic E-state index is -1.17. The van der Waals surface area contributed by atoms with E-state index in [1.165, 1.54) is 0 Å². The highest BCUT2D eigenvalue weighted by Gasteiger charge is 2.25. The number of amides is 1. The summed E-state index contributed by atoms with van der Waals surface area (Å²) in [4.78, 5) is 22.8. The van der Waals surface area contributed by atoms with Crippen molar-refractivity contribution in [3.05, 3.63) is 29.8 Å². The van der Waals surface area contributed by atoms with Gasteiger partial charge in [-0.3, -0.25) is 0 Å². The van der Waals surface area contributed by atoms with Crippen molar-refractivity contribution in [2.45, 2.75) is 32.4 Å². The number of nitrogen functional groups attached to an aromatic ring is 1. The lowest BCUT2D eigenvalue weighted by molar-refractivity contribution is -0.139. The molecule has 0 aliphatic carbocycles. The minimum absolute atomic E-state index is 0. The third-order valence-corrected chi connectivity index (χ3v) is 2.18. The van der Waals surface area contributed by atoms with Crippen molar-refractivity contribution >= 4 is 17.7 Å². The van der Waals surface area contributed by atoms with Gasteiger partial charge >= 0.3 is 12.1 Å². The van der Waals surface area contributed by atoms with Crippen LogP contribution in [0.4, 0.5) is 10.5 Å². The molecule has 1 aromatic carbocycles. The maximum Gasteiger partial charge on any atom is 0.408 e. The number of carbonyl (C=O) groups is 2. The molecular weight excluding hydrogens is 264 g/mol. The lowest BCUT2D eigenvalue weighted by atomic mass is 10.1. The SMILES string of the molecule is CC(C)(C)OC(=O)NC(C(=O)O)c1ccc(N)cc1.O. The molecule has 0 radical (unpaired) electrons. The van der Waals surface area contributed by atoms with Crippen molar-refractivity contribution in [3.63, 3.8) is 0 Å². The van der Waals surface area contributed by atoms with Crippen LogP contribution in [0.15, 0.2) is 24.3 Å². The maximum atomic E-state index is 11.6. The maximum absolute atomic E-state index is 11.6. The Bertz CT molecular complexity index is 465. The van der Waals surface area contributed by atoms with Crippen LogP contribution >= 0.6 is 0 Å². The average molecular weight is 284 g/mol. The van der Waals surface area contributed by atoms with Gasteiger partial charge in [0.2, 0.25) is 0 Å². The molecule has 0 aromatic heterocycles. The summed E-state index contributed by atoms with van der Waals surface area (Å²) in [5.41, 5.74) is 5.78. The molecule has 0 heterocycles. The van der Waals surface area contributed by atoms with Gasteiger partial charge in [-0.2, -0.15) is 0 Å². The molecule has 0 saturated carbocycles. The van der Waals surface area contributed by atoms with E-state index >= 15 is 0 Å². The number of hydrogen-bond donors (Lipinski definition) is 3. The number of hydrogen-bond acceptors (Lipinski definition) is 4. The third kappa shape index (κ3) is 5.57. The summed E-state index contributed by atoms with van der Waals surface area (Å²) in [5, 5.41) is 11.4. The van der Waals surface area contributed by atoms with Crippen LogP contribution in [0.25, 0.3) is 0 Å². The lowest BCUT2D eigenvalue weighted by Gasteiger charge is -2.22. The minimum Gasteiger partial charge on any atom is -0.479 e. The van der Waals surface area contributed by atoms with Crippen molar-refractivity contribution in [2.75, 3.05) is 5.73 Å². The molecule has 1 aromatic rings. The Morgan fingerprint density at radius 2 is 1.75 bits per heavy atom. The number of nitrogens with one attached hydrogen (secondary N) is 1. The van der Waals surface area contributed by atoms with Crippen LogP contribution in [0.2, 0.25) is 0 Å². The molecule has 1 rings (SSSR count). The molecule has 0 aliphatic heterocycles. The van der Waals surface area contributed by atoms with Gasteiger partial charge in [-0.25, -0.2) is 9.59 Å². The van der Waals surface area contributed by atoms with Gasteiger partial charge in [0.1, 0.15) is 5.60 Å². The lowest BCUT2D eigenvalue weighted by Crippen LogP contribution is -2.38. The fraction of sp³-hybridized carbons (Fsp3) is 0.385. The zero-order valence-electron chi connectivity index (χ0n) is 11.6. The van der Waals surface area contributed by atoms with E-state index in [4.69, 9.17) is 15.6 Å².